The van der Waals surface area contributed by atoms with Gasteiger partial charge in [0, 0.05) is 10.9 Å². The molecule has 3 nitrogen and oxygen atoms in total. The van der Waals surface area contributed by atoms with Crippen molar-refractivity contribution >= 4 is 21.8 Å². The van der Waals surface area contributed by atoms with Gasteiger partial charge in [0.1, 0.15) is 0 Å². The lowest BCUT2D eigenvalue weighted by molar-refractivity contribution is -0.124. The molecule has 4 heteroatoms. The third-order valence-electron chi connectivity index (χ3n) is 2.79. The van der Waals surface area contributed by atoms with Crippen molar-refractivity contribution in [3.05, 3.63) is 34.3 Å². The van der Waals surface area contributed by atoms with Crippen molar-refractivity contribution in [3.63, 3.8) is 0 Å². The second-order valence-corrected chi connectivity index (χ2v) is 6.06. The molecule has 0 heterocycles. The Labute approximate surface area is 117 Å². The summed E-state index contributed by atoms with van der Waals surface area (Å²) in [5.74, 6) is 0.261. The lowest BCUT2D eigenvalue weighted by atomic mass is 9.92. The minimum Gasteiger partial charge on any atom is -0.394 e. The van der Waals surface area contributed by atoms with Gasteiger partial charge in [-0.15, -0.1) is 0 Å². The van der Waals surface area contributed by atoms with Gasteiger partial charge in [-0.05, 0) is 30.5 Å². The zero-order chi connectivity index (χ0) is 13.8. The topological polar surface area (TPSA) is 49.3 Å². The summed E-state index contributed by atoms with van der Waals surface area (Å²) in [5, 5.41) is 12.5. The molecule has 1 amide bonds. The standard InChI is InChI=1S/C14H20BrNO2/c1-10(2)7-13(18)16-14(3,9-17)11-5-4-6-12(15)8-11/h4-6,8,10,17H,7,9H2,1-3H3,(H,16,18). The molecule has 0 spiro atoms. The average Bonchev–Trinajstić information content (AvgIpc) is 2.27. The van der Waals surface area contributed by atoms with E-state index in [2.05, 4.69) is 21.2 Å². The van der Waals surface area contributed by atoms with E-state index in [1.807, 2.05) is 45.0 Å². The van der Waals surface area contributed by atoms with E-state index >= 15 is 0 Å². The molecule has 0 fully saturated rings. The lowest BCUT2D eigenvalue weighted by Gasteiger charge is -2.30. The van der Waals surface area contributed by atoms with Crippen LogP contribution in [-0.2, 0) is 10.3 Å². The molecule has 2 N–H and O–H groups in total. The van der Waals surface area contributed by atoms with Crippen LogP contribution in [0.2, 0.25) is 0 Å². The molecule has 100 valence electrons. The van der Waals surface area contributed by atoms with Crippen molar-refractivity contribution in [1.82, 2.24) is 5.32 Å². The van der Waals surface area contributed by atoms with Crippen LogP contribution in [0.4, 0.5) is 0 Å². The highest BCUT2D eigenvalue weighted by Crippen LogP contribution is 2.23. The lowest BCUT2D eigenvalue weighted by Crippen LogP contribution is -2.46. The summed E-state index contributed by atoms with van der Waals surface area (Å²) in [6.07, 6.45) is 0.462. The van der Waals surface area contributed by atoms with Crippen LogP contribution in [-0.4, -0.2) is 17.6 Å². The molecule has 0 aliphatic rings. The molecule has 18 heavy (non-hydrogen) atoms. The summed E-state index contributed by atoms with van der Waals surface area (Å²) in [6.45, 7) is 5.68. The highest BCUT2D eigenvalue weighted by atomic mass is 79.9. The highest BCUT2D eigenvalue weighted by Gasteiger charge is 2.28. The molecule has 0 saturated heterocycles. The molecule has 0 radical (unpaired) electrons. The van der Waals surface area contributed by atoms with E-state index in [4.69, 9.17) is 0 Å². The molecule has 1 aromatic carbocycles. The summed E-state index contributed by atoms with van der Waals surface area (Å²) in [6, 6.07) is 7.61. The van der Waals surface area contributed by atoms with Crippen molar-refractivity contribution in [3.8, 4) is 0 Å². The van der Waals surface area contributed by atoms with Gasteiger partial charge in [0.15, 0.2) is 0 Å². The predicted molar refractivity (Wildman–Crippen MR) is 76.2 cm³/mol. The Hall–Kier alpha value is -0.870. The van der Waals surface area contributed by atoms with Gasteiger partial charge < -0.3 is 10.4 Å². The van der Waals surface area contributed by atoms with Gasteiger partial charge >= 0.3 is 0 Å². The van der Waals surface area contributed by atoms with Gasteiger partial charge in [-0.1, -0.05) is 41.9 Å². The normalized spacial score (nSPS) is 14.3. The molecular formula is C14H20BrNO2. The molecule has 1 unspecified atom stereocenters. The van der Waals surface area contributed by atoms with E-state index in [9.17, 15) is 9.90 Å². The number of carbonyl (C=O) groups excluding carboxylic acids is 1. The van der Waals surface area contributed by atoms with Crippen LogP contribution in [0.25, 0.3) is 0 Å². The summed E-state index contributed by atoms with van der Waals surface area (Å²) >= 11 is 3.40. The van der Waals surface area contributed by atoms with E-state index in [-0.39, 0.29) is 12.5 Å². The number of hydrogen-bond acceptors (Lipinski definition) is 2. The zero-order valence-corrected chi connectivity index (χ0v) is 12.6. The third kappa shape index (κ3) is 4.10. The number of hydrogen-bond donors (Lipinski definition) is 2. The van der Waals surface area contributed by atoms with Gasteiger partial charge in [0.05, 0.1) is 12.1 Å². The van der Waals surface area contributed by atoms with Crippen LogP contribution < -0.4 is 5.32 Å². The second-order valence-electron chi connectivity index (χ2n) is 5.15. The predicted octanol–water partition coefficient (Wildman–Crippen LogP) is 2.82. The van der Waals surface area contributed by atoms with Crippen LogP contribution in [0, 0.1) is 5.92 Å². The molecule has 0 aliphatic heterocycles. The van der Waals surface area contributed by atoms with Gasteiger partial charge in [-0.3, -0.25) is 4.79 Å². The van der Waals surface area contributed by atoms with Gasteiger partial charge in [0.2, 0.25) is 5.91 Å². The van der Waals surface area contributed by atoms with Gasteiger partial charge in [-0.25, -0.2) is 0 Å². The maximum Gasteiger partial charge on any atom is 0.221 e. The van der Waals surface area contributed by atoms with Crippen LogP contribution in [0.5, 0.6) is 0 Å². The van der Waals surface area contributed by atoms with Crippen molar-refractivity contribution in [1.29, 1.82) is 0 Å². The van der Waals surface area contributed by atoms with E-state index in [0.29, 0.717) is 12.3 Å². The fourth-order valence-electron chi connectivity index (χ4n) is 1.76. The summed E-state index contributed by atoms with van der Waals surface area (Å²) < 4.78 is 0.929. The van der Waals surface area contributed by atoms with E-state index < -0.39 is 5.54 Å². The molecular weight excluding hydrogens is 294 g/mol. The molecule has 0 saturated carbocycles. The Kier molecular flexibility index (Phi) is 5.35. The van der Waals surface area contributed by atoms with Gasteiger partial charge in [0.25, 0.3) is 0 Å². The Bertz CT molecular complexity index is 420. The minimum atomic E-state index is -0.740. The molecule has 0 bridgehead atoms. The maximum atomic E-state index is 11.9. The summed E-state index contributed by atoms with van der Waals surface area (Å²) in [5.41, 5.74) is 0.145. The Balaban J connectivity index is 2.88. The van der Waals surface area contributed by atoms with Crippen LogP contribution >= 0.6 is 15.9 Å². The quantitative estimate of drug-likeness (QED) is 0.878. The van der Waals surface area contributed by atoms with Crippen molar-refractivity contribution in [2.75, 3.05) is 6.61 Å². The Morgan fingerprint density at radius 1 is 1.50 bits per heavy atom. The van der Waals surface area contributed by atoms with E-state index in [1.54, 1.807) is 0 Å². The molecule has 0 aliphatic carbocycles. The number of aliphatic hydroxyl groups excluding tert-OH is 1. The molecule has 0 aromatic heterocycles. The number of benzene rings is 1. The Morgan fingerprint density at radius 2 is 2.17 bits per heavy atom. The van der Waals surface area contributed by atoms with Crippen molar-refractivity contribution in [2.45, 2.75) is 32.7 Å². The monoisotopic (exact) mass is 313 g/mol. The van der Waals surface area contributed by atoms with E-state index in [0.717, 1.165) is 10.0 Å². The van der Waals surface area contributed by atoms with Crippen molar-refractivity contribution < 1.29 is 9.90 Å². The molecule has 1 atom stereocenters. The van der Waals surface area contributed by atoms with Gasteiger partial charge in [-0.2, -0.15) is 0 Å². The fraction of sp³-hybridized carbons (Fsp3) is 0.500. The van der Waals surface area contributed by atoms with Crippen LogP contribution in [0.3, 0.4) is 0 Å². The number of rotatable bonds is 5. The van der Waals surface area contributed by atoms with E-state index in [1.165, 1.54) is 0 Å². The SMILES string of the molecule is CC(C)CC(=O)NC(C)(CO)c1cccc(Br)c1. The number of halogens is 1. The molecule has 1 aromatic rings. The number of carbonyl (C=O) groups is 1. The number of aliphatic hydroxyl groups is 1. The summed E-state index contributed by atoms with van der Waals surface area (Å²) in [7, 11) is 0. The third-order valence-corrected chi connectivity index (χ3v) is 3.28. The minimum absolute atomic E-state index is 0.0403. The van der Waals surface area contributed by atoms with Crippen molar-refractivity contribution in [2.24, 2.45) is 5.92 Å². The smallest absolute Gasteiger partial charge is 0.221 e. The Morgan fingerprint density at radius 3 is 2.67 bits per heavy atom. The van der Waals surface area contributed by atoms with Crippen LogP contribution in [0.15, 0.2) is 28.7 Å². The first kappa shape index (κ1) is 15.2. The zero-order valence-electron chi connectivity index (χ0n) is 11.0. The summed E-state index contributed by atoms with van der Waals surface area (Å²) in [4.78, 5) is 11.9. The first-order valence-corrected chi connectivity index (χ1v) is 6.84. The fourth-order valence-corrected chi connectivity index (χ4v) is 2.16. The second kappa shape index (κ2) is 6.34. The highest BCUT2D eigenvalue weighted by molar-refractivity contribution is 9.10. The first-order valence-electron chi connectivity index (χ1n) is 6.05. The average molecular weight is 314 g/mol. The molecule has 1 rings (SSSR count). The number of amides is 1. The number of nitrogens with one attached hydrogen (secondary N) is 1. The van der Waals surface area contributed by atoms with Crippen LogP contribution in [0.1, 0.15) is 32.8 Å². The largest absolute Gasteiger partial charge is 0.394 e. The maximum absolute atomic E-state index is 11.9. The first-order chi connectivity index (χ1) is 8.37.